The van der Waals surface area contributed by atoms with Gasteiger partial charge in [0.05, 0.1) is 23.5 Å². The molecule has 6 nitrogen and oxygen atoms in total. The first kappa shape index (κ1) is 19.4. The van der Waals surface area contributed by atoms with E-state index >= 15 is 0 Å². The van der Waals surface area contributed by atoms with Gasteiger partial charge in [-0.1, -0.05) is 43.2 Å². The third-order valence-corrected chi connectivity index (χ3v) is 5.16. The lowest BCUT2D eigenvalue weighted by atomic mass is 9.66. The van der Waals surface area contributed by atoms with Gasteiger partial charge in [0.25, 0.3) is 0 Å². The van der Waals surface area contributed by atoms with Crippen molar-refractivity contribution in [3.05, 3.63) is 42.3 Å². The van der Waals surface area contributed by atoms with Crippen molar-refractivity contribution in [2.45, 2.75) is 50.2 Å². The molecule has 25 heavy (non-hydrogen) atoms. The normalized spacial score (nSPS) is 25.9. The smallest absolute Gasteiger partial charge is 0.223 e. The zero-order chi connectivity index (χ0) is 18.4. The molecular weight excluding hydrogens is 320 g/mol. The van der Waals surface area contributed by atoms with Crippen LogP contribution in [0.1, 0.15) is 37.7 Å². The Hall–Kier alpha value is -1.92. The van der Waals surface area contributed by atoms with Crippen molar-refractivity contribution in [2.24, 2.45) is 23.3 Å². The second kappa shape index (κ2) is 8.45. The molecule has 1 fully saturated rings. The SMILES string of the molecule is NC(=O)C1CCCC[C@@]1(O)[C@H](C[C@@H](O)[CH]Cc1ccccc1)C(N)=O. The van der Waals surface area contributed by atoms with E-state index < -0.39 is 35.4 Å². The van der Waals surface area contributed by atoms with Gasteiger partial charge in [0, 0.05) is 0 Å². The highest BCUT2D eigenvalue weighted by atomic mass is 16.3. The minimum Gasteiger partial charge on any atom is -0.393 e. The number of hydrogen-bond acceptors (Lipinski definition) is 4. The van der Waals surface area contributed by atoms with E-state index in [1.165, 1.54) is 0 Å². The Balaban J connectivity index is 2.06. The molecule has 0 saturated heterocycles. The summed E-state index contributed by atoms with van der Waals surface area (Å²) in [5.74, 6) is -3.19. The molecule has 0 aliphatic heterocycles. The first-order valence-electron chi connectivity index (χ1n) is 8.71. The summed E-state index contributed by atoms with van der Waals surface area (Å²) >= 11 is 0. The second-order valence-electron chi connectivity index (χ2n) is 6.88. The summed E-state index contributed by atoms with van der Waals surface area (Å²) < 4.78 is 0. The summed E-state index contributed by atoms with van der Waals surface area (Å²) in [6.45, 7) is 0. The van der Waals surface area contributed by atoms with Gasteiger partial charge in [-0.2, -0.15) is 0 Å². The minimum atomic E-state index is -1.59. The lowest BCUT2D eigenvalue weighted by Crippen LogP contribution is -2.56. The van der Waals surface area contributed by atoms with Crippen molar-refractivity contribution in [3.63, 3.8) is 0 Å². The number of aliphatic hydroxyl groups excluding tert-OH is 1. The molecular formula is C19H27N2O4. The molecule has 137 valence electrons. The molecule has 1 saturated carbocycles. The van der Waals surface area contributed by atoms with Crippen molar-refractivity contribution < 1.29 is 19.8 Å². The predicted molar refractivity (Wildman–Crippen MR) is 93.9 cm³/mol. The van der Waals surface area contributed by atoms with Crippen molar-refractivity contribution in [1.82, 2.24) is 0 Å². The van der Waals surface area contributed by atoms with Crippen molar-refractivity contribution in [1.29, 1.82) is 0 Å². The summed E-state index contributed by atoms with van der Waals surface area (Å²) in [6.07, 6.45) is 3.43. The number of hydrogen-bond donors (Lipinski definition) is 4. The zero-order valence-corrected chi connectivity index (χ0v) is 14.3. The Morgan fingerprint density at radius 2 is 1.92 bits per heavy atom. The van der Waals surface area contributed by atoms with Crippen LogP contribution in [-0.4, -0.2) is 33.7 Å². The number of amides is 2. The fourth-order valence-corrected chi connectivity index (χ4v) is 3.78. The van der Waals surface area contributed by atoms with Crippen molar-refractivity contribution >= 4 is 11.8 Å². The molecule has 1 aliphatic rings. The van der Waals surface area contributed by atoms with Crippen LogP contribution in [0.5, 0.6) is 0 Å². The molecule has 1 aromatic rings. The Morgan fingerprint density at radius 1 is 1.24 bits per heavy atom. The number of primary amides is 2. The highest BCUT2D eigenvalue weighted by molar-refractivity contribution is 5.82. The quantitative estimate of drug-likeness (QED) is 0.552. The molecule has 6 N–H and O–H groups in total. The molecule has 1 aromatic carbocycles. The summed E-state index contributed by atoms with van der Waals surface area (Å²) in [7, 11) is 0. The lowest BCUT2D eigenvalue weighted by Gasteiger charge is -2.43. The highest BCUT2D eigenvalue weighted by Crippen LogP contribution is 2.41. The van der Waals surface area contributed by atoms with Gasteiger partial charge in [0.1, 0.15) is 0 Å². The molecule has 6 heteroatoms. The van der Waals surface area contributed by atoms with Gasteiger partial charge in [-0.3, -0.25) is 9.59 Å². The van der Waals surface area contributed by atoms with E-state index in [1.807, 2.05) is 30.3 Å². The third kappa shape index (κ3) is 4.80. The molecule has 0 bridgehead atoms. The number of carbonyl (C=O) groups excluding carboxylic acids is 2. The third-order valence-electron chi connectivity index (χ3n) is 5.16. The molecule has 1 aliphatic carbocycles. The van der Waals surface area contributed by atoms with Crippen LogP contribution in [0.4, 0.5) is 0 Å². The Kier molecular flexibility index (Phi) is 6.56. The summed E-state index contributed by atoms with van der Waals surface area (Å²) in [5.41, 5.74) is 10.4. The lowest BCUT2D eigenvalue weighted by molar-refractivity contribution is -0.154. The Labute approximate surface area is 148 Å². The van der Waals surface area contributed by atoms with Gasteiger partial charge in [0.15, 0.2) is 0 Å². The van der Waals surface area contributed by atoms with Crippen LogP contribution < -0.4 is 11.5 Å². The number of nitrogens with two attached hydrogens (primary N) is 2. The average Bonchev–Trinajstić information content (AvgIpc) is 2.58. The maximum Gasteiger partial charge on any atom is 0.223 e. The maximum atomic E-state index is 12.0. The summed E-state index contributed by atoms with van der Waals surface area (Å²) in [6, 6.07) is 9.60. The molecule has 1 radical (unpaired) electrons. The summed E-state index contributed by atoms with van der Waals surface area (Å²) in [4.78, 5) is 23.7. The Morgan fingerprint density at radius 3 is 2.52 bits per heavy atom. The molecule has 2 amide bonds. The van der Waals surface area contributed by atoms with E-state index in [1.54, 1.807) is 6.42 Å². The van der Waals surface area contributed by atoms with Crippen LogP contribution >= 0.6 is 0 Å². The number of rotatable bonds is 8. The standard InChI is InChI=1S/C19H27N2O4/c20-17(23)15-8-4-5-11-19(15,25)16(18(21)24)12-14(22)10-9-13-6-2-1-3-7-13/h1-3,6-7,10,14-16,22,25H,4-5,8-9,11-12H2,(H2,20,23)(H2,21,24)/t14-,15?,16+,19-/m0/s1. The van der Waals surface area contributed by atoms with Crippen LogP contribution in [0.15, 0.2) is 30.3 Å². The first-order chi connectivity index (χ1) is 11.8. The molecule has 0 spiro atoms. The van der Waals surface area contributed by atoms with Crippen LogP contribution in [0.2, 0.25) is 0 Å². The average molecular weight is 347 g/mol. The van der Waals surface area contributed by atoms with E-state index in [9.17, 15) is 19.8 Å². The fourth-order valence-electron chi connectivity index (χ4n) is 3.78. The van der Waals surface area contributed by atoms with Gasteiger partial charge in [-0.15, -0.1) is 0 Å². The largest absolute Gasteiger partial charge is 0.393 e. The number of benzene rings is 1. The molecule has 0 aromatic heterocycles. The molecule has 1 unspecified atom stereocenters. The van der Waals surface area contributed by atoms with Crippen molar-refractivity contribution in [3.8, 4) is 0 Å². The molecule has 2 rings (SSSR count). The van der Waals surface area contributed by atoms with Gasteiger partial charge < -0.3 is 21.7 Å². The topological polar surface area (TPSA) is 127 Å². The van der Waals surface area contributed by atoms with E-state index in [-0.39, 0.29) is 12.8 Å². The molecule has 4 atom stereocenters. The first-order valence-corrected chi connectivity index (χ1v) is 8.71. The van der Waals surface area contributed by atoms with Gasteiger partial charge in [-0.25, -0.2) is 0 Å². The number of aliphatic hydroxyl groups is 2. The zero-order valence-electron chi connectivity index (χ0n) is 14.3. The van der Waals surface area contributed by atoms with E-state index in [0.717, 1.165) is 12.0 Å². The van der Waals surface area contributed by atoms with E-state index in [0.29, 0.717) is 19.3 Å². The number of carbonyl (C=O) groups is 2. The predicted octanol–water partition coefficient (Wildman–Crippen LogP) is 0.692. The fraction of sp³-hybridized carbons (Fsp3) is 0.526. The van der Waals surface area contributed by atoms with Crippen LogP contribution in [0, 0.1) is 18.3 Å². The maximum absolute atomic E-state index is 12.0. The van der Waals surface area contributed by atoms with Crippen LogP contribution in [0.3, 0.4) is 0 Å². The van der Waals surface area contributed by atoms with Gasteiger partial charge in [-0.05, 0) is 37.7 Å². The Bertz CT molecular complexity index is 592. The van der Waals surface area contributed by atoms with E-state index in [2.05, 4.69) is 0 Å². The monoisotopic (exact) mass is 347 g/mol. The van der Waals surface area contributed by atoms with Gasteiger partial charge >= 0.3 is 0 Å². The minimum absolute atomic E-state index is 0.0254. The second-order valence-corrected chi connectivity index (χ2v) is 6.88. The van der Waals surface area contributed by atoms with Crippen molar-refractivity contribution in [2.75, 3.05) is 0 Å². The summed E-state index contributed by atoms with van der Waals surface area (Å²) in [5, 5.41) is 21.3. The highest BCUT2D eigenvalue weighted by Gasteiger charge is 2.50. The molecule has 0 heterocycles. The van der Waals surface area contributed by atoms with Crippen LogP contribution in [-0.2, 0) is 16.0 Å². The van der Waals surface area contributed by atoms with Crippen LogP contribution in [0.25, 0.3) is 0 Å². The van der Waals surface area contributed by atoms with Gasteiger partial charge in [0.2, 0.25) is 11.8 Å². The van der Waals surface area contributed by atoms with E-state index in [4.69, 9.17) is 11.5 Å².